The Bertz CT molecular complexity index is 1050. The minimum absolute atomic E-state index is 0.119. The summed E-state index contributed by atoms with van der Waals surface area (Å²) in [6.45, 7) is 0.0212. The van der Waals surface area contributed by atoms with Crippen molar-refractivity contribution < 1.29 is 19.5 Å². The molecule has 1 aliphatic rings. The van der Waals surface area contributed by atoms with E-state index in [1.807, 2.05) is 30.3 Å². The van der Waals surface area contributed by atoms with Crippen molar-refractivity contribution in [3.05, 3.63) is 64.1 Å². The van der Waals surface area contributed by atoms with Gasteiger partial charge in [0, 0.05) is 11.1 Å². The van der Waals surface area contributed by atoms with E-state index < -0.39 is 5.91 Å². The van der Waals surface area contributed by atoms with Crippen LogP contribution in [-0.2, 0) is 11.3 Å². The number of hydrogen-bond donors (Lipinski definition) is 2. The number of anilines is 1. The second-order valence-electron chi connectivity index (χ2n) is 6.00. The van der Waals surface area contributed by atoms with Crippen molar-refractivity contribution >= 4 is 40.4 Å². The summed E-state index contributed by atoms with van der Waals surface area (Å²) < 4.78 is 5.93. The van der Waals surface area contributed by atoms with Crippen LogP contribution in [0.3, 0.4) is 0 Å². The monoisotopic (exact) mass is 415 g/mol. The van der Waals surface area contributed by atoms with Crippen LogP contribution in [0.15, 0.2) is 48.5 Å². The molecule has 0 aliphatic carbocycles. The highest BCUT2D eigenvalue weighted by Crippen LogP contribution is 2.37. The zero-order valence-corrected chi connectivity index (χ0v) is 16.0. The van der Waals surface area contributed by atoms with Gasteiger partial charge in [-0.2, -0.15) is 0 Å². The SMILES string of the molecule is O=C(NO)c1ccc2c(c1)N(Cc1nc(-c3ccccc3)sc1Cl)C(=O)CO2. The number of carbonyl (C=O) groups excluding carboxylic acids is 2. The fourth-order valence-corrected chi connectivity index (χ4v) is 3.99. The van der Waals surface area contributed by atoms with Gasteiger partial charge in [0.1, 0.15) is 15.1 Å². The highest BCUT2D eigenvalue weighted by molar-refractivity contribution is 7.19. The topological polar surface area (TPSA) is 91.8 Å². The molecule has 2 amide bonds. The van der Waals surface area contributed by atoms with Crippen molar-refractivity contribution in [1.29, 1.82) is 0 Å². The number of hydrogen-bond acceptors (Lipinski definition) is 6. The summed E-state index contributed by atoms with van der Waals surface area (Å²) in [5, 5.41) is 9.61. The van der Waals surface area contributed by atoms with E-state index >= 15 is 0 Å². The Morgan fingerprint density at radius 1 is 1.29 bits per heavy atom. The van der Waals surface area contributed by atoms with Crippen LogP contribution in [0.25, 0.3) is 10.6 Å². The molecule has 4 rings (SSSR count). The number of nitrogens with zero attached hydrogens (tertiary/aromatic N) is 2. The lowest BCUT2D eigenvalue weighted by Crippen LogP contribution is -2.38. The summed E-state index contributed by atoms with van der Waals surface area (Å²) in [6.07, 6.45) is 0. The third kappa shape index (κ3) is 3.45. The summed E-state index contributed by atoms with van der Waals surface area (Å²) in [5.41, 5.74) is 3.69. The Balaban J connectivity index is 1.68. The van der Waals surface area contributed by atoms with Gasteiger partial charge >= 0.3 is 0 Å². The van der Waals surface area contributed by atoms with Crippen LogP contribution < -0.4 is 15.1 Å². The molecule has 1 aliphatic heterocycles. The second kappa shape index (κ2) is 7.59. The Morgan fingerprint density at radius 3 is 2.82 bits per heavy atom. The molecule has 3 aromatic rings. The van der Waals surface area contributed by atoms with E-state index in [-0.39, 0.29) is 24.6 Å². The number of hydroxylamine groups is 1. The summed E-state index contributed by atoms with van der Waals surface area (Å²) in [5.74, 6) is -0.498. The predicted octanol–water partition coefficient (Wildman–Crippen LogP) is 3.51. The van der Waals surface area contributed by atoms with Crippen LogP contribution in [0.5, 0.6) is 5.75 Å². The maximum Gasteiger partial charge on any atom is 0.274 e. The molecule has 2 heterocycles. The zero-order valence-electron chi connectivity index (χ0n) is 14.4. The minimum Gasteiger partial charge on any atom is -0.482 e. The number of nitrogens with one attached hydrogen (secondary N) is 1. The molecular formula is C19H14ClN3O4S. The van der Waals surface area contributed by atoms with Crippen molar-refractivity contribution in [2.75, 3.05) is 11.5 Å². The van der Waals surface area contributed by atoms with Crippen LogP contribution >= 0.6 is 22.9 Å². The molecule has 0 unspecified atom stereocenters. The molecular weight excluding hydrogens is 402 g/mol. The van der Waals surface area contributed by atoms with E-state index in [0.29, 0.717) is 21.5 Å². The normalized spacial score (nSPS) is 13.1. The summed E-state index contributed by atoms with van der Waals surface area (Å²) >= 11 is 7.72. The summed E-state index contributed by atoms with van der Waals surface area (Å²) in [6, 6.07) is 14.2. The molecule has 0 atom stereocenters. The van der Waals surface area contributed by atoms with Gasteiger partial charge in [-0.25, -0.2) is 10.5 Å². The van der Waals surface area contributed by atoms with Crippen LogP contribution in [-0.4, -0.2) is 28.6 Å². The third-order valence-corrected chi connectivity index (χ3v) is 5.63. The minimum atomic E-state index is -0.682. The maximum atomic E-state index is 12.5. The van der Waals surface area contributed by atoms with Crippen molar-refractivity contribution in [2.24, 2.45) is 0 Å². The highest BCUT2D eigenvalue weighted by atomic mass is 35.5. The van der Waals surface area contributed by atoms with Crippen LogP contribution in [0, 0.1) is 0 Å². The van der Waals surface area contributed by atoms with Crippen LogP contribution in [0.4, 0.5) is 5.69 Å². The highest BCUT2D eigenvalue weighted by Gasteiger charge is 2.28. The second-order valence-corrected chi connectivity index (χ2v) is 7.60. The van der Waals surface area contributed by atoms with Gasteiger partial charge in [-0.15, -0.1) is 11.3 Å². The van der Waals surface area contributed by atoms with Crippen molar-refractivity contribution in [2.45, 2.75) is 6.54 Å². The first-order valence-electron chi connectivity index (χ1n) is 8.29. The Kier molecular flexibility index (Phi) is 4.99. The van der Waals surface area contributed by atoms with Gasteiger partial charge in [-0.3, -0.25) is 19.7 Å². The van der Waals surface area contributed by atoms with E-state index in [1.165, 1.54) is 28.4 Å². The van der Waals surface area contributed by atoms with E-state index in [4.69, 9.17) is 21.5 Å². The molecule has 0 saturated carbocycles. The lowest BCUT2D eigenvalue weighted by atomic mass is 10.1. The average molecular weight is 416 g/mol. The molecule has 0 spiro atoms. The quantitative estimate of drug-likeness (QED) is 0.502. The van der Waals surface area contributed by atoms with E-state index in [2.05, 4.69) is 4.98 Å². The van der Waals surface area contributed by atoms with Crippen LogP contribution in [0.1, 0.15) is 16.1 Å². The number of ether oxygens (including phenoxy) is 1. The van der Waals surface area contributed by atoms with E-state index in [9.17, 15) is 9.59 Å². The predicted molar refractivity (Wildman–Crippen MR) is 105 cm³/mol. The molecule has 0 radical (unpaired) electrons. The Hall–Kier alpha value is -2.94. The first-order valence-corrected chi connectivity index (χ1v) is 9.48. The molecule has 0 fully saturated rings. The summed E-state index contributed by atoms with van der Waals surface area (Å²) in [7, 11) is 0. The summed E-state index contributed by atoms with van der Waals surface area (Å²) in [4.78, 5) is 30.3. The molecule has 142 valence electrons. The number of benzene rings is 2. The maximum absolute atomic E-state index is 12.5. The molecule has 0 saturated heterocycles. The molecule has 2 aromatic carbocycles. The van der Waals surface area contributed by atoms with E-state index in [0.717, 1.165) is 10.6 Å². The number of rotatable bonds is 4. The lowest BCUT2D eigenvalue weighted by molar-refractivity contribution is -0.121. The first-order chi connectivity index (χ1) is 13.6. The van der Waals surface area contributed by atoms with Gasteiger partial charge in [-0.1, -0.05) is 41.9 Å². The smallest absolute Gasteiger partial charge is 0.274 e. The molecule has 1 aromatic heterocycles. The van der Waals surface area contributed by atoms with Gasteiger partial charge in [0.25, 0.3) is 11.8 Å². The standard InChI is InChI=1S/C19H14ClN3O4S/c20-17-13(21-19(28-17)11-4-2-1-3-5-11)9-23-14-8-12(18(25)22-26)6-7-15(14)27-10-16(23)24/h1-8,26H,9-10H2,(H,22,25). The number of amides is 2. The number of aromatic nitrogens is 1. The largest absolute Gasteiger partial charge is 0.482 e. The number of thiazole rings is 1. The number of halogens is 1. The van der Waals surface area contributed by atoms with Gasteiger partial charge in [-0.05, 0) is 18.2 Å². The third-order valence-electron chi connectivity index (χ3n) is 4.24. The molecule has 0 bridgehead atoms. The average Bonchev–Trinajstić information content (AvgIpc) is 3.10. The fourth-order valence-electron chi connectivity index (χ4n) is 2.87. The number of fused-ring (bicyclic) bond motifs is 1. The molecule has 2 N–H and O–H groups in total. The van der Waals surface area contributed by atoms with Crippen molar-refractivity contribution in [3.8, 4) is 16.3 Å². The number of carbonyl (C=O) groups is 2. The zero-order chi connectivity index (χ0) is 19.7. The van der Waals surface area contributed by atoms with Gasteiger partial charge in [0.05, 0.1) is 17.9 Å². The van der Waals surface area contributed by atoms with Gasteiger partial charge in [0.15, 0.2) is 6.61 Å². The first kappa shape index (κ1) is 18.4. The van der Waals surface area contributed by atoms with Crippen LogP contribution in [0.2, 0.25) is 4.34 Å². The van der Waals surface area contributed by atoms with Gasteiger partial charge < -0.3 is 4.74 Å². The Labute approximate surface area is 169 Å². The van der Waals surface area contributed by atoms with Crippen molar-refractivity contribution in [3.63, 3.8) is 0 Å². The molecule has 9 heteroatoms. The Morgan fingerprint density at radius 2 is 2.07 bits per heavy atom. The fraction of sp³-hybridized carbons (Fsp3) is 0.105. The van der Waals surface area contributed by atoms with E-state index in [1.54, 1.807) is 11.5 Å². The van der Waals surface area contributed by atoms with Crippen molar-refractivity contribution in [1.82, 2.24) is 10.5 Å². The van der Waals surface area contributed by atoms with Gasteiger partial charge in [0.2, 0.25) is 0 Å². The molecule has 28 heavy (non-hydrogen) atoms. The molecule has 7 nitrogen and oxygen atoms in total. The lowest BCUT2D eigenvalue weighted by Gasteiger charge is -2.29.